The molecular weight excluding hydrogens is 201 g/mol. The van der Waals surface area contributed by atoms with Crippen molar-refractivity contribution in [2.75, 3.05) is 6.54 Å². The standard InChI is InChI=1S/C14H20FN/c1-4-6-14(16-9-5-2)12-10-11(3)7-8-13(12)15/h4,7-8,10,14,16H,1,5-6,9H2,2-3H3. The van der Waals surface area contributed by atoms with Crippen LogP contribution in [0.5, 0.6) is 0 Å². The molecule has 0 bridgehead atoms. The Labute approximate surface area is 97.4 Å². The van der Waals surface area contributed by atoms with Crippen molar-refractivity contribution in [1.82, 2.24) is 5.32 Å². The lowest BCUT2D eigenvalue weighted by Crippen LogP contribution is -2.22. The monoisotopic (exact) mass is 221 g/mol. The van der Waals surface area contributed by atoms with E-state index in [-0.39, 0.29) is 11.9 Å². The summed E-state index contributed by atoms with van der Waals surface area (Å²) >= 11 is 0. The average molecular weight is 221 g/mol. The fourth-order valence-electron chi connectivity index (χ4n) is 1.74. The second-order valence-electron chi connectivity index (χ2n) is 4.06. The number of nitrogens with one attached hydrogen (secondary N) is 1. The number of aryl methyl sites for hydroxylation is 1. The maximum Gasteiger partial charge on any atom is 0.128 e. The van der Waals surface area contributed by atoms with Gasteiger partial charge in [-0.05, 0) is 32.4 Å². The Bertz CT molecular complexity index is 347. The van der Waals surface area contributed by atoms with Crippen LogP contribution in [0.1, 0.15) is 36.9 Å². The minimum absolute atomic E-state index is 0.0392. The number of halogens is 1. The van der Waals surface area contributed by atoms with Crippen LogP contribution in [0.2, 0.25) is 0 Å². The van der Waals surface area contributed by atoms with Crippen LogP contribution in [0, 0.1) is 12.7 Å². The predicted molar refractivity (Wildman–Crippen MR) is 67.0 cm³/mol. The molecule has 0 heterocycles. The Morgan fingerprint density at radius 1 is 1.50 bits per heavy atom. The van der Waals surface area contributed by atoms with Crippen molar-refractivity contribution in [2.45, 2.75) is 32.7 Å². The molecule has 0 aromatic heterocycles. The number of hydrogen-bond acceptors (Lipinski definition) is 1. The van der Waals surface area contributed by atoms with E-state index >= 15 is 0 Å². The summed E-state index contributed by atoms with van der Waals surface area (Å²) in [5, 5.41) is 3.34. The van der Waals surface area contributed by atoms with Gasteiger partial charge in [0.05, 0.1) is 0 Å². The van der Waals surface area contributed by atoms with Crippen molar-refractivity contribution in [2.24, 2.45) is 0 Å². The predicted octanol–water partition coefficient (Wildman–Crippen LogP) is 3.75. The summed E-state index contributed by atoms with van der Waals surface area (Å²) in [6.45, 7) is 8.70. The molecule has 0 aliphatic heterocycles. The molecule has 0 saturated heterocycles. The Kier molecular flexibility index (Phi) is 5.20. The first-order valence-corrected chi connectivity index (χ1v) is 5.79. The van der Waals surface area contributed by atoms with E-state index in [4.69, 9.17) is 0 Å². The maximum atomic E-state index is 13.7. The molecule has 1 atom stereocenters. The first-order chi connectivity index (χ1) is 7.69. The van der Waals surface area contributed by atoms with Crippen molar-refractivity contribution in [3.63, 3.8) is 0 Å². The topological polar surface area (TPSA) is 12.0 Å². The van der Waals surface area contributed by atoms with E-state index in [0.29, 0.717) is 0 Å². The van der Waals surface area contributed by atoms with Crippen LogP contribution in [0.25, 0.3) is 0 Å². The molecule has 88 valence electrons. The summed E-state index contributed by atoms with van der Waals surface area (Å²) in [5.41, 5.74) is 1.83. The van der Waals surface area contributed by atoms with E-state index in [9.17, 15) is 4.39 Å². The van der Waals surface area contributed by atoms with Gasteiger partial charge >= 0.3 is 0 Å². The number of rotatable bonds is 6. The molecule has 1 unspecified atom stereocenters. The molecule has 1 aromatic carbocycles. The summed E-state index contributed by atoms with van der Waals surface area (Å²) < 4.78 is 13.7. The van der Waals surface area contributed by atoms with Crippen molar-refractivity contribution < 1.29 is 4.39 Å². The molecule has 0 aliphatic carbocycles. The molecule has 16 heavy (non-hydrogen) atoms. The van der Waals surface area contributed by atoms with Crippen LogP contribution in [-0.4, -0.2) is 6.54 Å². The number of hydrogen-bond donors (Lipinski definition) is 1. The molecule has 1 aromatic rings. The van der Waals surface area contributed by atoms with Crippen molar-refractivity contribution >= 4 is 0 Å². The van der Waals surface area contributed by atoms with Gasteiger partial charge in [0.2, 0.25) is 0 Å². The lowest BCUT2D eigenvalue weighted by molar-refractivity contribution is 0.502. The smallest absolute Gasteiger partial charge is 0.128 e. The third kappa shape index (κ3) is 3.46. The van der Waals surface area contributed by atoms with Gasteiger partial charge in [-0.1, -0.05) is 30.7 Å². The maximum absolute atomic E-state index is 13.7. The molecule has 1 N–H and O–H groups in total. The van der Waals surface area contributed by atoms with Crippen LogP contribution in [-0.2, 0) is 0 Å². The van der Waals surface area contributed by atoms with Crippen molar-refractivity contribution in [1.29, 1.82) is 0 Å². The van der Waals surface area contributed by atoms with Crippen LogP contribution in [0.3, 0.4) is 0 Å². The SMILES string of the molecule is C=CCC(NCCC)c1cc(C)ccc1F. The van der Waals surface area contributed by atoms with Crippen molar-refractivity contribution in [3.05, 3.63) is 47.8 Å². The highest BCUT2D eigenvalue weighted by atomic mass is 19.1. The molecule has 0 aliphatic rings. The molecule has 0 spiro atoms. The van der Waals surface area contributed by atoms with Gasteiger partial charge in [0.15, 0.2) is 0 Å². The molecular formula is C14H20FN. The summed E-state index contributed by atoms with van der Waals surface area (Å²) in [7, 11) is 0. The van der Waals surface area contributed by atoms with Crippen LogP contribution in [0.15, 0.2) is 30.9 Å². The van der Waals surface area contributed by atoms with Crippen molar-refractivity contribution in [3.8, 4) is 0 Å². The third-order valence-corrected chi connectivity index (χ3v) is 2.57. The third-order valence-electron chi connectivity index (χ3n) is 2.57. The second kappa shape index (κ2) is 6.44. The molecule has 1 nitrogen and oxygen atoms in total. The molecule has 1 rings (SSSR count). The fraction of sp³-hybridized carbons (Fsp3) is 0.429. The zero-order valence-electron chi connectivity index (χ0n) is 10.1. The molecule has 2 heteroatoms. The highest BCUT2D eigenvalue weighted by Crippen LogP contribution is 2.21. The van der Waals surface area contributed by atoms with E-state index < -0.39 is 0 Å². The second-order valence-corrected chi connectivity index (χ2v) is 4.06. The molecule has 0 amide bonds. The van der Waals surface area contributed by atoms with Gasteiger partial charge in [-0.15, -0.1) is 6.58 Å². The highest BCUT2D eigenvalue weighted by molar-refractivity contribution is 5.27. The first kappa shape index (κ1) is 12.9. The Hall–Kier alpha value is -1.15. The Morgan fingerprint density at radius 2 is 2.25 bits per heavy atom. The minimum Gasteiger partial charge on any atom is -0.310 e. The largest absolute Gasteiger partial charge is 0.310 e. The zero-order chi connectivity index (χ0) is 12.0. The minimum atomic E-state index is -0.138. The van der Waals surface area contributed by atoms with E-state index in [1.165, 1.54) is 6.07 Å². The Balaban J connectivity index is 2.90. The summed E-state index contributed by atoms with van der Waals surface area (Å²) in [5.74, 6) is -0.138. The van der Waals surface area contributed by atoms with E-state index in [1.807, 2.05) is 19.1 Å². The highest BCUT2D eigenvalue weighted by Gasteiger charge is 2.13. The lowest BCUT2D eigenvalue weighted by atomic mass is 10.0. The molecule has 0 radical (unpaired) electrons. The fourth-order valence-corrected chi connectivity index (χ4v) is 1.74. The van der Waals surface area contributed by atoms with Gasteiger partial charge in [0.25, 0.3) is 0 Å². The van der Waals surface area contributed by atoms with Gasteiger partial charge in [-0.3, -0.25) is 0 Å². The van der Waals surface area contributed by atoms with Crippen LogP contribution >= 0.6 is 0 Å². The summed E-state index contributed by atoms with van der Waals surface area (Å²) in [4.78, 5) is 0. The van der Waals surface area contributed by atoms with E-state index in [2.05, 4.69) is 18.8 Å². The van der Waals surface area contributed by atoms with Gasteiger partial charge in [0.1, 0.15) is 5.82 Å². The lowest BCUT2D eigenvalue weighted by Gasteiger charge is -2.18. The zero-order valence-corrected chi connectivity index (χ0v) is 10.1. The normalized spacial score (nSPS) is 12.4. The number of benzene rings is 1. The molecule has 0 fully saturated rings. The van der Waals surface area contributed by atoms with Gasteiger partial charge in [0, 0.05) is 11.6 Å². The van der Waals surface area contributed by atoms with Crippen LogP contribution < -0.4 is 5.32 Å². The first-order valence-electron chi connectivity index (χ1n) is 5.79. The van der Waals surface area contributed by atoms with E-state index in [0.717, 1.165) is 30.5 Å². The molecule has 0 saturated carbocycles. The van der Waals surface area contributed by atoms with Gasteiger partial charge < -0.3 is 5.32 Å². The quantitative estimate of drug-likeness (QED) is 0.721. The van der Waals surface area contributed by atoms with Gasteiger partial charge in [-0.25, -0.2) is 4.39 Å². The average Bonchev–Trinajstić information content (AvgIpc) is 2.28. The summed E-state index contributed by atoms with van der Waals surface area (Å²) in [6, 6.07) is 5.28. The summed E-state index contributed by atoms with van der Waals surface area (Å²) in [6.07, 6.45) is 3.62. The van der Waals surface area contributed by atoms with E-state index in [1.54, 1.807) is 6.07 Å². The van der Waals surface area contributed by atoms with Gasteiger partial charge in [-0.2, -0.15) is 0 Å². The Morgan fingerprint density at radius 3 is 2.88 bits per heavy atom. The van der Waals surface area contributed by atoms with Crippen LogP contribution in [0.4, 0.5) is 4.39 Å².